The minimum absolute atomic E-state index is 0.582. The SMILES string of the molecule is COc1ccc(OC)c(N2CCNC3CCCCC32)c1. The molecular weight excluding hydrogens is 252 g/mol. The molecule has 2 fully saturated rings. The Morgan fingerprint density at radius 2 is 2.00 bits per heavy atom. The number of rotatable bonds is 3. The quantitative estimate of drug-likeness (QED) is 0.919. The van der Waals surface area contributed by atoms with Gasteiger partial charge in [-0.3, -0.25) is 0 Å². The Kier molecular flexibility index (Phi) is 4.01. The predicted molar refractivity (Wildman–Crippen MR) is 80.9 cm³/mol. The summed E-state index contributed by atoms with van der Waals surface area (Å²) in [6.07, 6.45) is 5.22. The molecule has 4 nitrogen and oxygen atoms in total. The van der Waals surface area contributed by atoms with Crippen LogP contribution in [0.2, 0.25) is 0 Å². The van der Waals surface area contributed by atoms with Crippen LogP contribution in [0, 0.1) is 0 Å². The molecular formula is C16H24N2O2. The van der Waals surface area contributed by atoms with E-state index in [4.69, 9.17) is 9.47 Å². The molecule has 2 atom stereocenters. The highest BCUT2D eigenvalue weighted by atomic mass is 16.5. The molecule has 1 saturated carbocycles. The van der Waals surface area contributed by atoms with Crippen LogP contribution in [-0.4, -0.2) is 39.4 Å². The van der Waals surface area contributed by atoms with Crippen molar-refractivity contribution in [3.8, 4) is 11.5 Å². The molecule has 3 rings (SSSR count). The third-order valence-corrected chi connectivity index (χ3v) is 4.58. The number of ether oxygens (including phenoxy) is 2. The lowest BCUT2D eigenvalue weighted by Gasteiger charge is -2.46. The molecule has 20 heavy (non-hydrogen) atoms. The summed E-state index contributed by atoms with van der Waals surface area (Å²) in [6, 6.07) is 7.28. The number of methoxy groups -OCH3 is 2. The number of anilines is 1. The summed E-state index contributed by atoms with van der Waals surface area (Å²) < 4.78 is 10.9. The third-order valence-electron chi connectivity index (χ3n) is 4.58. The van der Waals surface area contributed by atoms with Crippen molar-refractivity contribution >= 4 is 5.69 Å². The molecule has 0 radical (unpaired) electrons. The van der Waals surface area contributed by atoms with Crippen molar-refractivity contribution in [2.24, 2.45) is 0 Å². The van der Waals surface area contributed by atoms with Gasteiger partial charge in [-0.15, -0.1) is 0 Å². The molecule has 1 N–H and O–H groups in total. The molecule has 110 valence electrons. The monoisotopic (exact) mass is 276 g/mol. The standard InChI is InChI=1S/C16H24N2O2/c1-19-12-7-8-16(20-2)15(11-12)18-10-9-17-13-5-3-4-6-14(13)18/h7-8,11,13-14,17H,3-6,9-10H2,1-2H3. The van der Waals surface area contributed by atoms with Gasteiger partial charge < -0.3 is 19.7 Å². The molecule has 1 heterocycles. The summed E-state index contributed by atoms with van der Waals surface area (Å²) in [5, 5.41) is 3.67. The fraction of sp³-hybridized carbons (Fsp3) is 0.625. The van der Waals surface area contributed by atoms with E-state index in [-0.39, 0.29) is 0 Å². The molecule has 2 unspecified atom stereocenters. The van der Waals surface area contributed by atoms with Crippen LogP contribution in [-0.2, 0) is 0 Å². The number of hydrogen-bond donors (Lipinski definition) is 1. The number of nitrogens with zero attached hydrogens (tertiary/aromatic N) is 1. The second-order valence-corrected chi connectivity index (χ2v) is 5.64. The van der Waals surface area contributed by atoms with Crippen molar-refractivity contribution in [1.29, 1.82) is 0 Å². The van der Waals surface area contributed by atoms with Crippen LogP contribution in [0.25, 0.3) is 0 Å². The maximum Gasteiger partial charge on any atom is 0.142 e. The maximum atomic E-state index is 5.56. The van der Waals surface area contributed by atoms with Gasteiger partial charge in [-0.05, 0) is 25.0 Å². The zero-order valence-electron chi connectivity index (χ0n) is 12.4. The Morgan fingerprint density at radius 1 is 1.15 bits per heavy atom. The summed E-state index contributed by atoms with van der Waals surface area (Å²) in [4.78, 5) is 2.52. The van der Waals surface area contributed by atoms with Crippen molar-refractivity contribution in [3.63, 3.8) is 0 Å². The number of fused-ring (bicyclic) bond motifs is 1. The van der Waals surface area contributed by atoms with Crippen molar-refractivity contribution in [2.45, 2.75) is 37.8 Å². The smallest absolute Gasteiger partial charge is 0.142 e. The van der Waals surface area contributed by atoms with Gasteiger partial charge in [-0.25, -0.2) is 0 Å². The van der Waals surface area contributed by atoms with Gasteiger partial charge in [0.1, 0.15) is 11.5 Å². The van der Waals surface area contributed by atoms with Gasteiger partial charge in [0.25, 0.3) is 0 Å². The molecule has 1 saturated heterocycles. The Bertz CT molecular complexity index is 462. The fourth-order valence-corrected chi connectivity index (χ4v) is 3.58. The number of nitrogens with one attached hydrogen (secondary N) is 1. The predicted octanol–water partition coefficient (Wildman–Crippen LogP) is 2.42. The lowest BCUT2D eigenvalue weighted by Crippen LogP contribution is -2.59. The zero-order chi connectivity index (χ0) is 13.9. The lowest BCUT2D eigenvalue weighted by molar-refractivity contribution is 0.282. The molecule has 0 bridgehead atoms. The van der Waals surface area contributed by atoms with Crippen molar-refractivity contribution in [1.82, 2.24) is 5.32 Å². The molecule has 4 heteroatoms. The molecule has 1 aliphatic heterocycles. The van der Waals surface area contributed by atoms with Gasteiger partial charge >= 0.3 is 0 Å². The van der Waals surface area contributed by atoms with E-state index in [2.05, 4.69) is 16.3 Å². The number of piperazine rings is 1. The molecule has 1 aromatic carbocycles. The average Bonchev–Trinajstić information content (AvgIpc) is 2.53. The summed E-state index contributed by atoms with van der Waals surface area (Å²) in [6.45, 7) is 2.08. The fourth-order valence-electron chi connectivity index (χ4n) is 3.58. The van der Waals surface area contributed by atoms with Crippen molar-refractivity contribution in [2.75, 3.05) is 32.2 Å². The first-order chi connectivity index (χ1) is 9.83. The van der Waals surface area contributed by atoms with Gasteiger partial charge in [0.05, 0.1) is 19.9 Å². The van der Waals surface area contributed by atoms with Gasteiger partial charge in [0.15, 0.2) is 0 Å². The van der Waals surface area contributed by atoms with E-state index in [1.807, 2.05) is 12.1 Å². The Balaban J connectivity index is 1.93. The van der Waals surface area contributed by atoms with Crippen LogP contribution in [0.5, 0.6) is 11.5 Å². The van der Waals surface area contributed by atoms with Crippen LogP contribution >= 0.6 is 0 Å². The van der Waals surface area contributed by atoms with Crippen LogP contribution in [0.4, 0.5) is 5.69 Å². The van der Waals surface area contributed by atoms with Crippen LogP contribution in [0.1, 0.15) is 25.7 Å². The van der Waals surface area contributed by atoms with Crippen LogP contribution < -0.4 is 19.7 Å². The van der Waals surface area contributed by atoms with Gasteiger partial charge in [-0.2, -0.15) is 0 Å². The van der Waals surface area contributed by atoms with Crippen LogP contribution in [0.3, 0.4) is 0 Å². The van der Waals surface area contributed by atoms with E-state index in [1.54, 1.807) is 14.2 Å². The Morgan fingerprint density at radius 3 is 2.80 bits per heavy atom. The van der Waals surface area contributed by atoms with E-state index in [0.717, 1.165) is 24.6 Å². The van der Waals surface area contributed by atoms with Crippen molar-refractivity contribution < 1.29 is 9.47 Å². The number of hydrogen-bond acceptors (Lipinski definition) is 4. The molecule has 0 spiro atoms. The Labute approximate surface area is 121 Å². The summed E-state index contributed by atoms with van der Waals surface area (Å²) in [7, 11) is 3.46. The topological polar surface area (TPSA) is 33.7 Å². The molecule has 1 aliphatic carbocycles. The van der Waals surface area contributed by atoms with E-state index in [0.29, 0.717) is 12.1 Å². The molecule has 2 aliphatic rings. The highest BCUT2D eigenvalue weighted by molar-refractivity contribution is 5.62. The van der Waals surface area contributed by atoms with E-state index in [1.165, 1.54) is 31.4 Å². The highest BCUT2D eigenvalue weighted by Gasteiger charge is 2.34. The molecule has 0 amide bonds. The minimum Gasteiger partial charge on any atom is -0.497 e. The Hall–Kier alpha value is -1.42. The summed E-state index contributed by atoms with van der Waals surface area (Å²) in [5.41, 5.74) is 1.17. The highest BCUT2D eigenvalue weighted by Crippen LogP contribution is 2.37. The minimum atomic E-state index is 0.582. The molecule has 1 aromatic rings. The van der Waals surface area contributed by atoms with E-state index in [9.17, 15) is 0 Å². The lowest BCUT2D eigenvalue weighted by atomic mass is 9.87. The molecule has 0 aromatic heterocycles. The van der Waals surface area contributed by atoms with Gasteiger partial charge in [0.2, 0.25) is 0 Å². The first-order valence-electron chi connectivity index (χ1n) is 7.55. The first kappa shape index (κ1) is 13.6. The zero-order valence-corrected chi connectivity index (χ0v) is 12.4. The van der Waals surface area contributed by atoms with Crippen LogP contribution in [0.15, 0.2) is 18.2 Å². The summed E-state index contributed by atoms with van der Waals surface area (Å²) >= 11 is 0. The second kappa shape index (κ2) is 5.92. The number of benzene rings is 1. The van der Waals surface area contributed by atoms with Gasteiger partial charge in [-0.1, -0.05) is 12.8 Å². The van der Waals surface area contributed by atoms with Gasteiger partial charge in [0, 0.05) is 31.2 Å². The normalized spacial score (nSPS) is 26.0. The van der Waals surface area contributed by atoms with Crippen molar-refractivity contribution in [3.05, 3.63) is 18.2 Å². The van der Waals surface area contributed by atoms with E-state index >= 15 is 0 Å². The first-order valence-corrected chi connectivity index (χ1v) is 7.55. The summed E-state index contributed by atoms with van der Waals surface area (Å²) in [5.74, 6) is 1.84. The van der Waals surface area contributed by atoms with E-state index < -0.39 is 0 Å². The maximum absolute atomic E-state index is 5.56. The largest absolute Gasteiger partial charge is 0.497 e. The third kappa shape index (κ3) is 2.44. The average molecular weight is 276 g/mol. The second-order valence-electron chi connectivity index (χ2n) is 5.64.